The van der Waals surface area contributed by atoms with E-state index in [1.54, 1.807) is 6.20 Å². The van der Waals surface area contributed by atoms with Crippen molar-refractivity contribution in [3.8, 4) is 0 Å². The smallest absolute Gasteiger partial charge is 0.168 e. The topological polar surface area (TPSA) is 30.0 Å². The maximum atomic E-state index is 12.0. The van der Waals surface area contributed by atoms with E-state index in [1.807, 2.05) is 43.3 Å². The van der Waals surface area contributed by atoms with Crippen molar-refractivity contribution in [2.24, 2.45) is 0 Å². The van der Waals surface area contributed by atoms with Crippen LogP contribution in [-0.4, -0.2) is 10.8 Å². The Balaban J connectivity index is 2.11. The first-order chi connectivity index (χ1) is 8.15. The first kappa shape index (κ1) is 12.0. The molecule has 0 bridgehead atoms. The molecular formula is C14H12BrNO. The SMILES string of the molecule is Cc1ccc(C(=O)Cc2ccc(Br)cc2)cn1. The lowest BCUT2D eigenvalue weighted by Gasteiger charge is -2.02. The first-order valence-corrected chi connectivity index (χ1v) is 6.15. The number of pyridine rings is 1. The van der Waals surface area contributed by atoms with Crippen LogP contribution in [0.15, 0.2) is 47.1 Å². The van der Waals surface area contributed by atoms with Crippen LogP contribution < -0.4 is 0 Å². The zero-order chi connectivity index (χ0) is 12.3. The van der Waals surface area contributed by atoms with Gasteiger partial charge in [-0.1, -0.05) is 28.1 Å². The summed E-state index contributed by atoms with van der Waals surface area (Å²) in [6, 6.07) is 11.5. The van der Waals surface area contributed by atoms with E-state index in [0.29, 0.717) is 12.0 Å². The van der Waals surface area contributed by atoms with Crippen LogP contribution in [0.3, 0.4) is 0 Å². The number of Topliss-reactive ketones (excluding diaryl/α,β-unsaturated/α-hetero) is 1. The summed E-state index contributed by atoms with van der Waals surface area (Å²) >= 11 is 3.37. The highest BCUT2D eigenvalue weighted by molar-refractivity contribution is 9.10. The fraction of sp³-hybridized carbons (Fsp3) is 0.143. The second-order valence-corrected chi connectivity index (χ2v) is 4.83. The Morgan fingerprint density at radius 2 is 1.88 bits per heavy atom. The third-order valence-electron chi connectivity index (χ3n) is 2.51. The minimum Gasteiger partial charge on any atom is -0.294 e. The summed E-state index contributed by atoms with van der Waals surface area (Å²) in [6.07, 6.45) is 2.05. The first-order valence-electron chi connectivity index (χ1n) is 5.35. The Morgan fingerprint density at radius 1 is 1.18 bits per heavy atom. The Hall–Kier alpha value is -1.48. The molecule has 0 fully saturated rings. The molecule has 0 unspecified atom stereocenters. The highest BCUT2D eigenvalue weighted by Crippen LogP contribution is 2.12. The van der Waals surface area contributed by atoms with Crippen LogP contribution in [0.4, 0.5) is 0 Å². The van der Waals surface area contributed by atoms with Crippen LogP contribution in [0.1, 0.15) is 21.6 Å². The second kappa shape index (κ2) is 5.23. The van der Waals surface area contributed by atoms with Gasteiger partial charge in [-0.25, -0.2) is 0 Å². The number of carbonyl (C=O) groups excluding carboxylic acids is 1. The highest BCUT2D eigenvalue weighted by atomic mass is 79.9. The number of carbonyl (C=O) groups is 1. The molecule has 2 rings (SSSR count). The molecule has 1 heterocycles. The van der Waals surface area contributed by atoms with Crippen molar-refractivity contribution in [3.05, 3.63) is 63.9 Å². The minimum absolute atomic E-state index is 0.0971. The standard InChI is InChI=1S/C14H12BrNO/c1-10-2-5-12(9-16-10)14(17)8-11-3-6-13(15)7-4-11/h2-7,9H,8H2,1H3. The van der Waals surface area contributed by atoms with Gasteiger partial charge in [-0.05, 0) is 36.8 Å². The maximum Gasteiger partial charge on any atom is 0.168 e. The van der Waals surface area contributed by atoms with Crippen molar-refractivity contribution in [2.45, 2.75) is 13.3 Å². The molecule has 0 atom stereocenters. The number of benzene rings is 1. The Labute approximate surface area is 109 Å². The van der Waals surface area contributed by atoms with Gasteiger partial charge >= 0.3 is 0 Å². The molecule has 0 spiro atoms. The van der Waals surface area contributed by atoms with Gasteiger partial charge in [0.25, 0.3) is 0 Å². The molecule has 0 aliphatic carbocycles. The van der Waals surface area contributed by atoms with E-state index >= 15 is 0 Å². The minimum atomic E-state index is 0.0971. The molecule has 0 radical (unpaired) electrons. The molecule has 0 saturated heterocycles. The predicted molar refractivity (Wildman–Crippen MR) is 71.2 cm³/mol. The van der Waals surface area contributed by atoms with Crippen LogP contribution in [0.2, 0.25) is 0 Å². The molecule has 0 aliphatic heterocycles. The van der Waals surface area contributed by atoms with Crippen molar-refractivity contribution in [1.82, 2.24) is 4.98 Å². The largest absolute Gasteiger partial charge is 0.294 e. The summed E-state index contributed by atoms with van der Waals surface area (Å²) in [5.74, 6) is 0.0971. The summed E-state index contributed by atoms with van der Waals surface area (Å²) in [7, 11) is 0. The molecule has 17 heavy (non-hydrogen) atoms. The second-order valence-electron chi connectivity index (χ2n) is 3.91. The molecule has 86 valence electrons. The number of hydrogen-bond donors (Lipinski definition) is 0. The molecule has 0 aliphatic rings. The van der Waals surface area contributed by atoms with Gasteiger partial charge in [0.2, 0.25) is 0 Å². The fourth-order valence-electron chi connectivity index (χ4n) is 1.52. The summed E-state index contributed by atoms with van der Waals surface area (Å²) in [6.45, 7) is 1.91. The van der Waals surface area contributed by atoms with E-state index in [1.165, 1.54) is 0 Å². The van der Waals surface area contributed by atoms with Gasteiger partial charge in [0.1, 0.15) is 0 Å². The highest BCUT2D eigenvalue weighted by Gasteiger charge is 2.07. The number of halogens is 1. The van der Waals surface area contributed by atoms with Crippen LogP contribution in [-0.2, 0) is 6.42 Å². The van der Waals surface area contributed by atoms with Gasteiger partial charge in [-0.15, -0.1) is 0 Å². The number of rotatable bonds is 3. The molecule has 2 aromatic rings. The van der Waals surface area contributed by atoms with E-state index in [0.717, 1.165) is 15.7 Å². The van der Waals surface area contributed by atoms with Gasteiger partial charge in [0, 0.05) is 28.3 Å². The number of aromatic nitrogens is 1. The van der Waals surface area contributed by atoms with Gasteiger partial charge in [-0.3, -0.25) is 9.78 Å². The van der Waals surface area contributed by atoms with E-state index in [2.05, 4.69) is 20.9 Å². The average Bonchev–Trinajstić information content (AvgIpc) is 2.33. The zero-order valence-electron chi connectivity index (χ0n) is 9.48. The Bertz CT molecular complexity index is 517. The van der Waals surface area contributed by atoms with Crippen LogP contribution in [0.5, 0.6) is 0 Å². The molecule has 0 amide bonds. The van der Waals surface area contributed by atoms with Crippen molar-refractivity contribution in [3.63, 3.8) is 0 Å². The van der Waals surface area contributed by atoms with Gasteiger partial charge in [0.05, 0.1) is 0 Å². The van der Waals surface area contributed by atoms with Crippen LogP contribution in [0.25, 0.3) is 0 Å². The van der Waals surface area contributed by atoms with Crippen LogP contribution in [0, 0.1) is 6.92 Å². The van der Waals surface area contributed by atoms with E-state index in [4.69, 9.17) is 0 Å². The Morgan fingerprint density at radius 3 is 2.47 bits per heavy atom. The normalized spacial score (nSPS) is 10.2. The van der Waals surface area contributed by atoms with Crippen molar-refractivity contribution in [2.75, 3.05) is 0 Å². The predicted octanol–water partition coefficient (Wildman–Crippen LogP) is 3.58. The Kier molecular flexibility index (Phi) is 3.69. The molecule has 1 aromatic heterocycles. The summed E-state index contributed by atoms with van der Waals surface area (Å²) in [4.78, 5) is 16.1. The summed E-state index contributed by atoms with van der Waals surface area (Å²) < 4.78 is 1.02. The molecule has 1 aromatic carbocycles. The van der Waals surface area contributed by atoms with Crippen LogP contribution >= 0.6 is 15.9 Å². The molecule has 0 N–H and O–H groups in total. The van der Waals surface area contributed by atoms with Gasteiger partial charge in [0.15, 0.2) is 5.78 Å². The zero-order valence-corrected chi connectivity index (χ0v) is 11.1. The molecule has 0 saturated carbocycles. The lowest BCUT2D eigenvalue weighted by molar-refractivity contribution is 0.0992. The fourth-order valence-corrected chi connectivity index (χ4v) is 1.79. The molecular weight excluding hydrogens is 278 g/mol. The molecule has 3 heteroatoms. The number of ketones is 1. The van der Waals surface area contributed by atoms with Crippen molar-refractivity contribution >= 4 is 21.7 Å². The van der Waals surface area contributed by atoms with E-state index in [-0.39, 0.29) is 5.78 Å². The van der Waals surface area contributed by atoms with Crippen molar-refractivity contribution < 1.29 is 4.79 Å². The van der Waals surface area contributed by atoms with E-state index in [9.17, 15) is 4.79 Å². The average molecular weight is 290 g/mol. The summed E-state index contributed by atoms with van der Waals surface area (Å²) in [5, 5.41) is 0. The molecule has 2 nitrogen and oxygen atoms in total. The number of hydrogen-bond acceptors (Lipinski definition) is 2. The number of nitrogens with zero attached hydrogens (tertiary/aromatic N) is 1. The lowest BCUT2D eigenvalue weighted by atomic mass is 10.0. The third kappa shape index (κ3) is 3.24. The van der Waals surface area contributed by atoms with E-state index < -0.39 is 0 Å². The third-order valence-corrected chi connectivity index (χ3v) is 3.04. The number of aryl methyl sites for hydroxylation is 1. The maximum absolute atomic E-state index is 12.0. The summed E-state index contributed by atoms with van der Waals surface area (Å²) in [5.41, 5.74) is 2.60. The van der Waals surface area contributed by atoms with Gasteiger partial charge in [-0.2, -0.15) is 0 Å². The van der Waals surface area contributed by atoms with Crippen molar-refractivity contribution in [1.29, 1.82) is 0 Å². The lowest BCUT2D eigenvalue weighted by Crippen LogP contribution is -2.04. The monoisotopic (exact) mass is 289 g/mol. The van der Waals surface area contributed by atoms with Gasteiger partial charge < -0.3 is 0 Å². The quantitative estimate of drug-likeness (QED) is 0.809.